The molecule has 2 rings (SSSR count). The van der Waals surface area contributed by atoms with Crippen molar-refractivity contribution >= 4 is 5.78 Å². The second kappa shape index (κ2) is 6.84. The molecule has 0 saturated carbocycles. The fourth-order valence-electron chi connectivity index (χ4n) is 2.36. The average Bonchev–Trinajstić information content (AvgIpc) is 2.91. The van der Waals surface area contributed by atoms with E-state index >= 15 is 0 Å². The van der Waals surface area contributed by atoms with Gasteiger partial charge in [-0.05, 0) is 25.5 Å². The molecule has 1 aliphatic heterocycles. The lowest BCUT2D eigenvalue weighted by Gasteiger charge is -2.36. The number of aliphatic hydroxyl groups is 1. The Morgan fingerprint density at radius 3 is 3.16 bits per heavy atom. The van der Waals surface area contributed by atoms with E-state index in [2.05, 4.69) is 4.90 Å². The van der Waals surface area contributed by atoms with Crippen LogP contribution in [0.1, 0.15) is 31.6 Å². The maximum Gasteiger partial charge on any atom is 0.132 e. The summed E-state index contributed by atoms with van der Waals surface area (Å²) in [6.07, 6.45) is 2.05. The monoisotopic (exact) mass is 267 g/mol. The van der Waals surface area contributed by atoms with E-state index in [1.165, 1.54) is 0 Å². The van der Waals surface area contributed by atoms with E-state index in [9.17, 15) is 9.90 Å². The summed E-state index contributed by atoms with van der Waals surface area (Å²) in [5.41, 5.74) is 0. The van der Waals surface area contributed by atoms with Gasteiger partial charge in [-0.1, -0.05) is 0 Å². The van der Waals surface area contributed by atoms with E-state index in [4.69, 9.17) is 9.15 Å². The maximum atomic E-state index is 11.1. The highest BCUT2D eigenvalue weighted by Crippen LogP contribution is 2.23. The Labute approximate surface area is 113 Å². The molecule has 1 aromatic heterocycles. The Morgan fingerprint density at radius 1 is 1.63 bits per heavy atom. The lowest BCUT2D eigenvalue weighted by Crippen LogP contribution is -2.46. The van der Waals surface area contributed by atoms with Crippen molar-refractivity contribution in [3.8, 4) is 0 Å². The van der Waals surface area contributed by atoms with Crippen molar-refractivity contribution < 1.29 is 19.1 Å². The lowest BCUT2D eigenvalue weighted by atomic mass is 10.0. The summed E-state index contributed by atoms with van der Waals surface area (Å²) in [5, 5.41) is 10.1. The molecule has 19 heavy (non-hydrogen) atoms. The van der Waals surface area contributed by atoms with Crippen LogP contribution in [0.4, 0.5) is 0 Å². The topological polar surface area (TPSA) is 62.9 Å². The molecule has 1 aromatic rings. The number of nitrogens with zero attached hydrogens (tertiary/aromatic N) is 1. The summed E-state index contributed by atoms with van der Waals surface area (Å²) in [6.45, 7) is 4.42. The number of ketones is 1. The van der Waals surface area contributed by atoms with Gasteiger partial charge in [-0.3, -0.25) is 9.69 Å². The van der Waals surface area contributed by atoms with Crippen LogP contribution in [0.25, 0.3) is 0 Å². The third-order valence-electron chi connectivity index (χ3n) is 3.47. The molecule has 0 amide bonds. The van der Waals surface area contributed by atoms with Crippen LogP contribution >= 0.6 is 0 Å². The van der Waals surface area contributed by atoms with Crippen molar-refractivity contribution in [3.05, 3.63) is 24.2 Å². The summed E-state index contributed by atoms with van der Waals surface area (Å²) < 4.78 is 10.7. The molecular weight excluding hydrogens is 246 g/mol. The molecule has 106 valence electrons. The summed E-state index contributed by atoms with van der Waals surface area (Å²) in [7, 11) is 0. The zero-order chi connectivity index (χ0) is 13.7. The van der Waals surface area contributed by atoms with E-state index in [-0.39, 0.29) is 11.8 Å². The summed E-state index contributed by atoms with van der Waals surface area (Å²) in [4.78, 5) is 13.3. The fraction of sp³-hybridized carbons (Fsp3) is 0.643. The largest absolute Gasteiger partial charge is 0.467 e. The van der Waals surface area contributed by atoms with Gasteiger partial charge < -0.3 is 14.3 Å². The molecule has 1 fully saturated rings. The van der Waals surface area contributed by atoms with Gasteiger partial charge in [-0.25, -0.2) is 0 Å². The van der Waals surface area contributed by atoms with Crippen molar-refractivity contribution in [2.45, 2.75) is 31.9 Å². The van der Waals surface area contributed by atoms with Crippen LogP contribution < -0.4 is 0 Å². The number of carbonyl (C=O) groups excluding carboxylic acids is 1. The van der Waals surface area contributed by atoms with Crippen LogP contribution in [0.5, 0.6) is 0 Å². The molecule has 0 aliphatic carbocycles. The molecule has 0 bridgehead atoms. The van der Waals surface area contributed by atoms with Crippen LogP contribution in [0.3, 0.4) is 0 Å². The van der Waals surface area contributed by atoms with Gasteiger partial charge in [0.15, 0.2) is 0 Å². The first-order chi connectivity index (χ1) is 9.16. The van der Waals surface area contributed by atoms with Crippen molar-refractivity contribution in [1.82, 2.24) is 4.90 Å². The summed E-state index contributed by atoms with van der Waals surface area (Å²) in [5.74, 6) is 0.772. The Morgan fingerprint density at radius 2 is 2.47 bits per heavy atom. The van der Waals surface area contributed by atoms with E-state index in [1.807, 2.05) is 0 Å². The number of hydrogen-bond acceptors (Lipinski definition) is 5. The van der Waals surface area contributed by atoms with E-state index in [0.717, 1.165) is 13.1 Å². The van der Waals surface area contributed by atoms with E-state index in [1.54, 1.807) is 25.3 Å². The highest BCUT2D eigenvalue weighted by atomic mass is 16.5. The number of Topliss-reactive ketones (excluding diaryl/α,β-unsaturated/α-hetero) is 1. The van der Waals surface area contributed by atoms with E-state index in [0.29, 0.717) is 31.8 Å². The van der Waals surface area contributed by atoms with Crippen molar-refractivity contribution in [2.75, 3.05) is 26.3 Å². The lowest BCUT2D eigenvalue weighted by molar-refractivity contribution is -0.118. The normalized spacial score (nSPS) is 22.3. The van der Waals surface area contributed by atoms with Crippen LogP contribution in [0, 0.1) is 0 Å². The van der Waals surface area contributed by atoms with Crippen molar-refractivity contribution in [1.29, 1.82) is 0 Å². The van der Waals surface area contributed by atoms with Gasteiger partial charge in [0.1, 0.15) is 17.6 Å². The van der Waals surface area contributed by atoms with Gasteiger partial charge in [0.05, 0.1) is 19.5 Å². The number of carbonyl (C=O) groups is 1. The fourth-order valence-corrected chi connectivity index (χ4v) is 2.36. The van der Waals surface area contributed by atoms with Gasteiger partial charge in [0.2, 0.25) is 0 Å². The Hall–Kier alpha value is -1.17. The summed E-state index contributed by atoms with van der Waals surface area (Å²) in [6, 6.07) is 3.67. The number of hydrogen-bond donors (Lipinski definition) is 1. The standard InChI is InChI=1S/C14H21NO4/c1-11(16)4-5-15-6-8-18-10-12(15)9-13(17)14-3-2-7-19-14/h2-3,7,12-13,17H,4-6,8-10H2,1H3. The SMILES string of the molecule is CC(=O)CCN1CCOCC1CC(O)c1ccco1. The highest BCUT2D eigenvalue weighted by Gasteiger charge is 2.26. The minimum Gasteiger partial charge on any atom is -0.467 e. The van der Waals surface area contributed by atoms with Gasteiger partial charge in [-0.15, -0.1) is 0 Å². The zero-order valence-electron chi connectivity index (χ0n) is 11.2. The molecule has 0 spiro atoms. The third kappa shape index (κ3) is 4.16. The average molecular weight is 267 g/mol. The minimum absolute atomic E-state index is 0.133. The summed E-state index contributed by atoms with van der Waals surface area (Å²) >= 11 is 0. The molecular formula is C14H21NO4. The van der Waals surface area contributed by atoms with Gasteiger partial charge in [0, 0.05) is 25.6 Å². The first-order valence-electron chi connectivity index (χ1n) is 6.69. The molecule has 1 saturated heterocycles. The molecule has 5 heteroatoms. The number of furan rings is 1. The number of rotatable bonds is 6. The molecule has 0 radical (unpaired) electrons. The predicted molar refractivity (Wildman–Crippen MR) is 69.8 cm³/mol. The molecule has 2 atom stereocenters. The van der Waals surface area contributed by atoms with Gasteiger partial charge in [0.25, 0.3) is 0 Å². The number of ether oxygens (including phenoxy) is 1. The molecule has 1 aliphatic rings. The second-order valence-electron chi connectivity index (χ2n) is 4.98. The van der Waals surface area contributed by atoms with Crippen LogP contribution in [-0.4, -0.2) is 48.1 Å². The van der Waals surface area contributed by atoms with Crippen LogP contribution in [-0.2, 0) is 9.53 Å². The molecule has 2 heterocycles. The molecule has 2 unspecified atom stereocenters. The Balaban J connectivity index is 1.89. The quantitative estimate of drug-likeness (QED) is 0.843. The predicted octanol–water partition coefficient (Wildman–Crippen LogP) is 1.38. The molecule has 1 N–H and O–H groups in total. The van der Waals surface area contributed by atoms with Crippen LogP contribution in [0.2, 0.25) is 0 Å². The Bertz CT molecular complexity index is 390. The Kier molecular flexibility index (Phi) is 5.13. The van der Waals surface area contributed by atoms with Crippen molar-refractivity contribution in [3.63, 3.8) is 0 Å². The second-order valence-corrected chi connectivity index (χ2v) is 4.98. The van der Waals surface area contributed by atoms with Gasteiger partial charge >= 0.3 is 0 Å². The van der Waals surface area contributed by atoms with E-state index < -0.39 is 6.10 Å². The van der Waals surface area contributed by atoms with Gasteiger partial charge in [-0.2, -0.15) is 0 Å². The van der Waals surface area contributed by atoms with Crippen LogP contribution in [0.15, 0.2) is 22.8 Å². The number of aliphatic hydroxyl groups excluding tert-OH is 1. The third-order valence-corrected chi connectivity index (χ3v) is 3.47. The smallest absolute Gasteiger partial charge is 0.132 e. The van der Waals surface area contributed by atoms with Crippen molar-refractivity contribution in [2.24, 2.45) is 0 Å². The first kappa shape index (κ1) is 14.2. The minimum atomic E-state index is -0.624. The number of morpholine rings is 1. The zero-order valence-corrected chi connectivity index (χ0v) is 11.2. The maximum absolute atomic E-state index is 11.1. The highest BCUT2D eigenvalue weighted by molar-refractivity contribution is 5.75. The molecule has 5 nitrogen and oxygen atoms in total. The molecule has 0 aromatic carbocycles. The first-order valence-corrected chi connectivity index (χ1v) is 6.69.